The van der Waals surface area contributed by atoms with E-state index in [9.17, 15) is 9.18 Å². The van der Waals surface area contributed by atoms with E-state index in [1.165, 1.54) is 18.2 Å². The van der Waals surface area contributed by atoms with Crippen LogP contribution in [0.3, 0.4) is 0 Å². The summed E-state index contributed by atoms with van der Waals surface area (Å²) < 4.78 is 13.3. The van der Waals surface area contributed by atoms with Crippen LogP contribution in [0.4, 0.5) is 4.39 Å². The molecule has 1 saturated heterocycles. The highest BCUT2D eigenvalue weighted by molar-refractivity contribution is 5.92. The maximum Gasteiger partial charge on any atom is 0.246 e. The second-order valence-electron chi connectivity index (χ2n) is 4.19. The van der Waals surface area contributed by atoms with Crippen molar-refractivity contribution in [2.75, 3.05) is 13.1 Å². The average molecular weight is 271 g/mol. The molecule has 1 aliphatic rings. The van der Waals surface area contributed by atoms with Crippen molar-refractivity contribution in [3.8, 4) is 0 Å². The van der Waals surface area contributed by atoms with Gasteiger partial charge in [-0.05, 0) is 18.6 Å². The Bertz CT molecular complexity index is 450. The minimum atomic E-state index is -0.324. The van der Waals surface area contributed by atoms with Crippen LogP contribution in [-0.4, -0.2) is 29.9 Å². The summed E-state index contributed by atoms with van der Waals surface area (Å²) in [5, 5.41) is 0. The normalized spacial score (nSPS) is 19.0. The maximum absolute atomic E-state index is 13.3. The molecule has 1 aromatic rings. The molecular weight excluding hydrogens is 255 g/mol. The Kier molecular flexibility index (Phi) is 5.31. The Hall–Kier alpha value is -1.39. The standard InChI is InChI=1S/C13H15FN2O.ClH/c14-12-4-2-1-3-10(12)5-6-13(17)16-8-7-11(15)9-16;/h1-6,11H,7-9,15H2;1H/b6-5+;/t11-;/m1./s1. The molecule has 1 fully saturated rings. The molecule has 0 spiro atoms. The Morgan fingerprint density at radius 3 is 2.78 bits per heavy atom. The van der Waals surface area contributed by atoms with E-state index in [2.05, 4.69) is 0 Å². The Morgan fingerprint density at radius 1 is 1.44 bits per heavy atom. The fourth-order valence-electron chi connectivity index (χ4n) is 1.86. The van der Waals surface area contributed by atoms with Gasteiger partial charge in [0.1, 0.15) is 5.82 Å². The highest BCUT2D eigenvalue weighted by atomic mass is 35.5. The van der Waals surface area contributed by atoms with E-state index >= 15 is 0 Å². The second kappa shape index (κ2) is 6.52. The fourth-order valence-corrected chi connectivity index (χ4v) is 1.86. The minimum absolute atomic E-state index is 0. The molecule has 0 aromatic heterocycles. The lowest BCUT2D eigenvalue weighted by Crippen LogP contribution is -2.30. The van der Waals surface area contributed by atoms with Gasteiger partial charge in [-0.15, -0.1) is 12.4 Å². The largest absolute Gasteiger partial charge is 0.338 e. The lowest BCUT2D eigenvalue weighted by Gasteiger charge is -2.12. The molecule has 2 rings (SSSR count). The molecule has 0 saturated carbocycles. The molecule has 3 nitrogen and oxygen atoms in total. The molecular formula is C13H16ClFN2O. The monoisotopic (exact) mass is 270 g/mol. The average Bonchev–Trinajstić information content (AvgIpc) is 2.74. The summed E-state index contributed by atoms with van der Waals surface area (Å²) in [6, 6.07) is 6.43. The Labute approximate surface area is 112 Å². The van der Waals surface area contributed by atoms with Gasteiger partial charge >= 0.3 is 0 Å². The summed E-state index contributed by atoms with van der Waals surface area (Å²) in [7, 11) is 0. The lowest BCUT2D eigenvalue weighted by molar-refractivity contribution is -0.124. The summed E-state index contributed by atoms with van der Waals surface area (Å²) >= 11 is 0. The summed E-state index contributed by atoms with van der Waals surface area (Å²) in [6.07, 6.45) is 3.73. The number of halogens is 2. The molecule has 18 heavy (non-hydrogen) atoms. The van der Waals surface area contributed by atoms with Gasteiger partial charge in [-0.1, -0.05) is 18.2 Å². The van der Waals surface area contributed by atoms with Crippen LogP contribution in [0.1, 0.15) is 12.0 Å². The molecule has 0 bridgehead atoms. The molecule has 1 amide bonds. The number of nitrogens with zero attached hydrogens (tertiary/aromatic N) is 1. The van der Waals surface area contributed by atoms with Crippen LogP contribution >= 0.6 is 12.4 Å². The van der Waals surface area contributed by atoms with Crippen LogP contribution in [0.2, 0.25) is 0 Å². The zero-order valence-corrected chi connectivity index (χ0v) is 10.7. The van der Waals surface area contributed by atoms with Crippen LogP contribution in [0.15, 0.2) is 30.3 Å². The number of hydrogen-bond acceptors (Lipinski definition) is 2. The molecule has 1 aliphatic heterocycles. The molecule has 5 heteroatoms. The van der Waals surface area contributed by atoms with Crippen molar-refractivity contribution in [1.29, 1.82) is 0 Å². The SMILES string of the molecule is Cl.N[C@@H]1CCN(C(=O)/C=C/c2ccccc2F)C1. The van der Waals surface area contributed by atoms with Crippen LogP contribution in [-0.2, 0) is 4.79 Å². The first-order valence-corrected chi connectivity index (χ1v) is 5.64. The van der Waals surface area contributed by atoms with Gasteiger partial charge in [-0.3, -0.25) is 4.79 Å². The zero-order chi connectivity index (χ0) is 12.3. The molecule has 1 atom stereocenters. The zero-order valence-electron chi connectivity index (χ0n) is 9.88. The number of likely N-dealkylation sites (tertiary alicyclic amines) is 1. The van der Waals surface area contributed by atoms with Crippen LogP contribution < -0.4 is 5.73 Å². The predicted octanol–water partition coefficient (Wildman–Crippen LogP) is 1.82. The first-order valence-electron chi connectivity index (χ1n) is 5.64. The van der Waals surface area contributed by atoms with Gasteiger partial charge in [0.15, 0.2) is 0 Å². The lowest BCUT2D eigenvalue weighted by atomic mass is 10.2. The third kappa shape index (κ3) is 3.55. The van der Waals surface area contributed by atoms with Crippen LogP contribution in [0.5, 0.6) is 0 Å². The topological polar surface area (TPSA) is 46.3 Å². The number of benzene rings is 1. The van der Waals surface area contributed by atoms with Crippen LogP contribution in [0.25, 0.3) is 6.08 Å². The van der Waals surface area contributed by atoms with Crippen LogP contribution in [0, 0.1) is 5.82 Å². The number of hydrogen-bond donors (Lipinski definition) is 1. The molecule has 98 valence electrons. The first-order chi connectivity index (χ1) is 8.16. The first kappa shape index (κ1) is 14.7. The van der Waals surface area contributed by atoms with Gasteiger partial charge in [0.2, 0.25) is 5.91 Å². The number of carbonyl (C=O) groups is 1. The molecule has 2 N–H and O–H groups in total. The van der Waals surface area contributed by atoms with E-state index in [4.69, 9.17) is 5.73 Å². The molecule has 1 aromatic carbocycles. The number of rotatable bonds is 2. The molecule has 1 heterocycles. The minimum Gasteiger partial charge on any atom is -0.338 e. The van der Waals surface area contributed by atoms with Gasteiger partial charge < -0.3 is 10.6 Å². The summed E-state index contributed by atoms with van der Waals surface area (Å²) in [6.45, 7) is 1.27. The van der Waals surface area contributed by atoms with Gasteiger partial charge in [0, 0.05) is 30.8 Å². The summed E-state index contributed by atoms with van der Waals surface area (Å²) in [5.74, 6) is -0.434. The number of amides is 1. The summed E-state index contributed by atoms with van der Waals surface area (Å²) in [4.78, 5) is 13.4. The van der Waals surface area contributed by atoms with E-state index in [0.29, 0.717) is 18.7 Å². The van der Waals surface area contributed by atoms with Gasteiger partial charge in [-0.25, -0.2) is 4.39 Å². The highest BCUT2D eigenvalue weighted by Gasteiger charge is 2.21. The fraction of sp³-hybridized carbons (Fsp3) is 0.308. The van der Waals surface area contributed by atoms with E-state index in [1.54, 1.807) is 23.1 Å². The maximum atomic E-state index is 13.3. The van der Waals surface area contributed by atoms with E-state index in [1.807, 2.05) is 0 Å². The third-order valence-corrected chi connectivity index (χ3v) is 2.85. The van der Waals surface area contributed by atoms with Crippen molar-refractivity contribution in [2.45, 2.75) is 12.5 Å². The van der Waals surface area contributed by atoms with Gasteiger partial charge in [0.25, 0.3) is 0 Å². The van der Waals surface area contributed by atoms with Crippen molar-refractivity contribution in [1.82, 2.24) is 4.90 Å². The smallest absolute Gasteiger partial charge is 0.246 e. The van der Waals surface area contributed by atoms with E-state index in [-0.39, 0.29) is 30.2 Å². The number of nitrogens with two attached hydrogens (primary N) is 1. The van der Waals surface area contributed by atoms with Gasteiger partial charge in [0.05, 0.1) is 0 Å². The van der Waals surface area contributed by atoms with Crippen molar-refractivity contribution in [3.05, 3.63) is 41.7 Å². The Morgan fingerprint density at radius 2 is 2.17 bits per heavy atom. The summed E-state index contributed by atoms with van der Waals surface area (Å²) in [5.41, 5.74) is 6.14. The van der Waals surface area contributed by atoms with Crippen molar-refractivity contribution >= 4 is 24.4 Å². The third-order valence-electron chi connectivity index (χ3n) is 2.85. The second-order valence-corrected chi connectivity index (χ2v) is 4.19. The van der Waals surface area contributed by atoms with Crippen molar-refractivity contribution in [3.63, 3.8) is 0 Å². The molecule has 0 aliphatic carbocycles. The van der Waals surface area contributed by atoms with Crippen molar-refractivity contribution in [2.24, 2.45) is 5.73 Å². The van der Waals surface area contributed by atoms with Gasteiger partial charge in [-0.2, -0.15) is 0 Å². The van der Waals surface area contributed by atoms with Crippen molar-refractivity contribution < 1.29 is 9.18 Å². The quantitative estimate of drug-likeness (QED) is 0.834. The molecule has 0 unspecified atom stereocenters. The predicted molar refractivity (Wildman–Crippen MR) is 71.9 cm³/mol. The Balaban J connectivity index is 0.00000162. The number of carbonyl (C=O) groups excluding carboxylic acids is 1. The molecule has 0 radical (unpaired) electrons. The van der Waals surface area contributed by atoms with E-state index < -0.39 is 0 Å². The van der Waals surface area contributed by atoms with E-state index in [0.717, 1.165) is 6.42 Å². The highest BCUT2D eigenvalue weighted by Crippen LogP contribution is 2.11.